The van der Waals surface area contributed by atoms with Crippen LogP contribution in [0.4, 0.5) is 27.6 Å². The summed E-state index contributed by atoms with van der Waals surface area (Å²) in [5.74, 6) is -5.11. The highest BCUT2D eigenvalue weighted by Gasteiger charge is 2.29. The predicted molar refractivity (Wildman–Crippen MR) is 160 cm³/mol. The number of esters is 1. The van der Waals surface area contributed by atoms with Crippen molar-refractivity contribution in [3.05, 3.63) is 91.9 Å². The molecule has 1 amide bonds. The molecule has 2 aromatic heterocycles. The number of amides is 1. The number of benzene rings is 2. The number of ether oxygens (including phenoxy) is 1. The smallest absolute Gasteiger partial charge is 0.330 e. The van der Waals surface area contributed by atoms with Gasteiger partial charge in [-0.2, -0.15) is 0 Å². The zero-order valence-corrected chi connectivity index (χ0v) is 25.2. The number of alkyl halides is 3. The van der Waals surface area contributed by atoms with Crippen molar-refractivity contribution in [1.29, 1.82) is 0 Å². The highest BCUT2D eigenvalue weighted by molar-refractivity contribution is 5.99. The number of rotatable bonds is 11. The Balaban J connectivity index is 1.69. The van der Waals surface area contributed by atoms with E-state index in [1.165, 1.54) is 24.9 Å². The molecule has 2 aromatic carbocycles. The number of carbonyl (C=O) groups is 2. The number of carbonyl (C=O) groups excluding carboxylic acids is 2. The lowest BCUT2D eigenvalue weighted by Gasteiger charge is -2.20. The molecule has 4 aromatic rings. The third-order valence-electron chi connectivity index (χ3n) is 7.64. The van der Waals surface area contributed by atoms with Gasteiger partial charge in [-0.05, 0) is 36.2 Å². The summed E-state index contributed by atoms with van der Waals surface area (Å²) in [5, 5.41) is 4.91. The van der Waals surface area contributed by atoms with Crippen molar-refractivity contribution in [2.75, 3.05) is 19.1 Å². The van der Waals surface area contributed by atoms with Crippen molar-refractivity contribution in [2.45, 2.75) is 38.3 Å². The van der Waals surface area contributed by atoms with Crippen LogP contribution < -0.4 is 21.9 Å². The molecular formula is C31H30F5N5O5. The van der Waals surface area contributed by atoms with Gasteiger partial charge in [0.25, 0.3) is 17.9 Å². The molecule has 0 aliphatic carbocycles. The van der Waals surface area contributed by atoms with Crippen LogP contribution in [0.3, 0.4) is 0 Å². The van der Waals surface area contributed by atoms with E-state index in [4.69, 9.17) is 4.74 Å². The van der Waals surface area contributed by atoms with Crippen LogP contribution in [0, 0.1) is 18.6 Å². The molecule has 0 saturated carbocycles. The third kappa shape index (κ3) is 6.62. The Hall–Kier alpha value is -5.08. The molecule has 4 rings (SSSR count). The number of methoxy groups -OCH3 is 1. The molecule has 0 saturated heterocycles. The van der Waals surface area contributed by atoms with Gasteiger partial charge in [-0.3, -0.25) is 23.5 Å². The van der Waals surface area contributed by atoms with Gasteiger partial charge in [-0.15, -0.1) is 0 Å². The summed E-state index contributed by atoms with van der Waals surface area (Å²) in [6.45, 7) is 0.528. The molecule has 15 heteroatoms. The number of aromatic nitrogens is 3. The average Bonchev–Trinajstić information content (AvgIpc) is 3.02. The van der Waals surface area contributed by atoms with Crippen molar-refractivity contribution in [2.24, 2.45) is 14.1 Å². The minimum Gasteiger partial charge on any atom is -0.467 e. The molecular weight excluding hydrogens is 617 g/mol. The zero-order chi connectivity index (χ0) is 33.9. The summed E-state index contributed by atoms with van der Waals surface area (Å²) in [6.07, 6.45) is -2.42. The fourth-order valence-electron chi connectivity index (χ4n) is 5.12. The van der Waals surface area contributed by atoms with E-state index in [2.05, 4.69) is 15.6 Å². The minimum atomic E-state index is -3.03. The number of nitrogens with zero attached hydrogens (tertiary/aromatic N) is 3. The standard InChI is InChI=1S/C31H30F5N5O5/c1-15-24(29(43)41(3)31(45)40(15)2)18-8-7-16(26-19(18)6-5-11-37-26)12-23(30(44)46-4)39-28(42)25-20(33)13-17(14-21(25)34)38-22(9-10-32)27(35)36/h5-8,11,13-14,22-23,27,38H,9-10,12H2,1-4H3,(H,39,42). The van der Waals surface area contributed by atoms with Crippen LogP contribution in [0.25, 0.3) is 22.0 Å². The molecule has 46 heavy (non-hydrogen) atoms. The normalized spacial score (nSPS) is 12.7. The number of pyridine rings is 1. The average molecular weight is 648 g/mol. The first-order valence-corrected chi connectivity index (χ1v) is 13.9. The maximum absolute atomic E-state index is 14.9. The lowest BCUT2D eigenvalue weighted by Crippen LogP contribution is -2.43. The number of anilines is 1. The number of nitrogens with one attached hydrogen (secondary N) is 2. The Labute approximate surface area is 258 Å². The first kappa shape index (κ1) is 33.8. The molecule has 244 valence electrons. The monoisotopic (exact) mass is 647 g/mol. The molecule has 0 fully saturated rings. The summed E-state index contributed by atoms with van der Waals surface area (Å²) in [7, 11) is 3.94. The van der Waals surface area contributed by atoms with Crippen molar-refractivity contribution in [3.8, 4) is 11.1 Å². The summed E-state index contributed by atoms with van der Waals surface area (Å²) in [5.41, 5.74) is -0.700. The van der Waals surface area contributed by atoms with Crippen LogP contribution in [0.15, 0.2) is 52.2 Å². The Morgan fingerprint density at radius 1 is 1.04 bits per heavy atom. The molecule has 0 aliphatic rings. The zero-order valence-electron chi connectivity index (χ0n) is 25.2. The molecule has 0 aliphatic heterocycles. The van der Waals surface area contributed by atoms with Crippen molar-refractivity contribution in [3.63, 3.8) is 0 Å². The van der Waals surface area contributed by atoms with Crippen LogP contribution in [-0.4, -0.2) is 58.3 Å². The summed E-state index contributed by atoms with van der Waals surface area (Å²) < 4.78 is 75.9. The highest BCUT2D eigenvalue weighted by atomic mass is 19.3. The SMILES string of the molecule is COC(=O)C(Cc1ccc(-c2c(C)n(C)c(=O)n(C)c2=O)c2cccnc12)NC(=O)c1c(F)cc(NC(CCF)C(F)F)cc1F. The van der Waals surface area contributed by atoms with E-state index >= 15 is 0 Å². The quantitative estimate of drug-likeness (QED) is 0.188. The van der Waals surface area contributed by atoms with Gasteiger partial charge in [0.1, 0.15) is 23.2 Å². The number of fused-ring (bicyclic) bond motifs is 1. The summed E-state index contributed by atoms with van der Waals surface area (Å²) >= 11 is 0. The predicted octanol–water partition coefficient (Wildman–Crippen LogP) is 3.81. The van der Waals surface area contributed by atoms with Crippen molar-refractivity contribution >= 4 is 28.5 Å². The minimum absolute atomic E-state index is 0.250. The lowest BCUT2D eigenvalue weighted by atomic mass is 9.94. The van der Waals surface area contributed by atoms with Gasteiger partial charge in [0, 0.05) is 49.9 Å². The topological polar surface area (TPSA) is 124 Å². The number of halogens is 5. The Morgan fingerprint density at radius 2 is 1.72 bits per heavy atom. The number of hydrogen-bond donors (Lipinski definition) is 2. The van der Waals surface area contributed by atoms with Gasteiger partial charge in [0.15, 0.2) is 0 Å². The van der Waals surface area contributed by atoms with Crippen LogP contribution >= 0.6 is 0 Å². The second kappa shape index (κ2) is 13.9. The van der Waals surface area contributed by atoms with Crippen molar-refractivity contribution < 1.29 is 36.3 Å². The van der Waals surface area contributed by atoms with Gasteiger partial charge < -0.3 is 19.9 Å². The van der Waals surface area contributed by atoms with Gasteiger partial charge in [-0.25, -0.2) is 27.2 Å². The molecule has 2 N–H and O–H groups in total. The first-order chi connectivity index (χ1) is 21.8. The van der Waals surface area contributed by atoms with Gasteiger partial charge >= 0.3 is 11.7 Å². The van der Waals surface area contributed by atoms with E-state index in [1.54, 1.807) is 31.2 Å². The van der Waals surface area contributed by atoms with Gasteiger partial charge in [0.05, 0.1) is 30.9 Å². The first-order valence-electron chi connectivity index (χ1n) is 13.9. The highest BCUT2D eigenvalue weighted by Crippen LogP contribution is 2.30. The van der Waals surface area contributed by atoms with E-state index < -0.39 is 77.6 Å². The van der Waals surface area contributed by atoms with Crippen LogP contribution in [0.1, 0.15) is 28.0 Å². The number of hydrogen-bond acceptors (Lipinski definition) is 7. The third-order valence-corrected chi connectivity index (χ3v) is 7.64. The lowest BCUT2D eigenvalue weighted by molar-refractivity contribution is -0.142. The van der Waals surface area contributed by atoms with Crippen LogP contribution in [0.5, 0.6) is 0 Å². The second-order valence-corrected chi connectivity index (χ2v) is 10.5. The van der Waals surface area contributed by atoms with E-state index in [0.29, 0.717) is 39.9 Å². The molecule has 10 nitrogen and oxygen atoms in total. The molecule has 0 spiro atoms. The van der Waals surface area contributed by atoms with E-state index in [9.17, 15) is 41.1 Å². The molecule has 0 bridgehead atoms. The van der Waals surface area contributed by atoms with Gasteiger partial charge in [0.2, 0.25) is 0 Å². The van der Waals surface area contributed by atoms with E-state index in [-0.39, 0.29) is 12.0 Å². The molecule has 0 radical (unpaired) electrons. The molecule has 2 atom stereocenters. The van der Waals surface area contributed by atoms with E-state index in [1.807, 2.05) is 0 Å². The maximum Gasteiger partial charge on any atom is 0.330 e. The van der Waals surface area contributed by atoms with Gasteiger partial charge in [-0.1, -0.05) is 18.2 Å². The van der Waals surface area contributed by atoms with Crippen molar-refractivity contribution in [1.82, 2.24) is 19.4 Å². The maximum atomic E-state index is 14.9. The molecule has 2 heterocycles. The largest absolute Gasteiger partial charge is 0.467 e. The Morgan fingerprint density at radius 3 is 2.33 bits per heavy atom. The summed E-state index contributed by atoms with van der Waals surface area (Å²) in [4.78, 5) is 55.8. The Bertz CT molecular complexity index is 1900. The van der Waals surface area contributed by atoms with E-state index in [0.717, 1.165) is 11.7 Å². The fraction of sp³-hybridized carbons (Fsp3) is 0.323. The Kier molecular flexibility index (Phi) is 10.2. The summed E-state index contributed by atoms with van der Waals surface area (Å²) in [6, 6.07) is 4.51. The van der Waals surface area contributed by atoms with Crippen LogP contribution in [-0.2, 0) is 30.0 Å². The molecule has 2 unspecified atom stereocenters. The van der Waals surface area contributed by atoms with Crippen LogP contribution in [0.2, 0.25) is 0 Å². The fourth-order valence-corrected chi connectivity index (χ4v) is 5.12. The second-order valence-electron chi connectivity index (χ2n) is 10.5.